The van der Waals surface area contributed by atoms with Crippen molar-refractivity contribution in [2.45, 2.75) is 25.8 Å². The van der Waals surface area contributed by atoms with Crippen molar-refractivity contribution in [1.29, 1.82) is 0 Å². The van der Waals surface area contributed by atoms with E-state index in [1.807, 2.05) is 6.92 Å². The molecule has 0 radical (unpaired) electrons. The smallest absolute Gasteiger partial charge is 0.241 e. The van der Waals surface area contributed by atoms with Crippen LogP contribution in [0.5, 0.6) is 0 Å². The van der Waals surface area contributed by atoms with E-state index in [1.165, 1.54) is 9.80 Å². The van der Waals surface area contributed by atoms with Gasteiger partial charge in [-0.3, -0.25) is 9.59 Å². The minimum Gasteiger partial charge on any atom is -0.347 e. The third-order valence-corrected chi connectivity index (χ3v) is 5.13. The standard InChI is InChI=1S/C13H25N3O4S/c1-4-6-16(9-13(18)15(2)3)12(17)8-11-10-21(19,20)7-5-14-11/h11,14H,4-10H2,1-3H3. The van der Waals surface area contributed by atoms with Gasteiger partial charge in [0.25, 0.3) is 0 Å². The topological polar surface area (TPSA) is 86.8 Å². The molecule has 0 spiro atoms. The summed E-state index contributed by atoms with van der Waals surface area (Å²) in [4.78, 5) is 27.0. The lowest BCUT2D eigenvalue weighted by Gasteiger charge is -2.28. The first kappa shape index (κ1) is 17.9. The number of hydrogen-bond donors (Lipinski definition) is 1. The molecule has 1 saturated heterocycles. The molecule has 0 aromatic rings. The fraction of sp³-hybridized carbons (Fsp3) is 0.846. The second-order valence-corrected chi connectivity index (χ2v) is 7.80. The number of hydrogen-bond acceptors (Lipinski definition) is 5. The van der Waals surface area contributed by atoms with Gasteiger partial charge in [0.2, 0.25) is 11.8 Å². The molecule has 8 heteroatoms. The van der Waals surface area contributed by atoms with Crippen LogP contribution in [0, 0.1) is 0 Å². The van der Waals surface area contributed by atoms with Gasteiger partial charge >= 0.3 is 0 Å². The molecule has 2 amide bonds. The highest BCUT2D eigenvalue weighted by Gasteiger charge is 2.28. The predicted molar refractivity (Wildman–Crippen MR) is 80.6 cm³/mol. The van der Waals surface area contributed by atoms with Gasteiger partial charge in [-0.15, -0.1) is 0 Å². The maximum Gasteiger partial charge on any atom is 0.241 e. The van der Waals surface area contributed by atoms with Crippen LogP contribution >= 0.6 is 0 Å². The van der Waals surface area contributed by atoms with Gasteiger partial charge in [0.15, 0.2) is 9.84 Å². The summed E-state index contributed by atoms with van der Waals surface area (Å²) in [5, 5.41) is 3.06. The Morgan fingerprint density at radius 1 is 1.24 bits per heavy atom. The lowest BCUT2D eigenvalue weighted by Crippen LogP contribution is -2.49. The average molecular weight is 319 g/mol. The maximum atomic E-state index is 12.3. The Labute approximate surface area is 126 Å². The van der Waals surface area contributed by atoms with Gasteiger partial charge in [-0.2, -0.15) is 0 Å². The number of rotatable bonds is 6. The average Bonchev–Trinajstić information content (AvgIpc) is 2.36. The summed E-state index contributed by atoms with van der Waals surface area (Å²) in [6.07, 6.45) is 0.864. The van der Waals surface area contributed by atoms with E-state index in [2.05, 4.69) is 5.32 Å². The predicted octanol–water partition coefficient (Wildman–Crippen LogP) is -0.910. The lowest BCUT2D eigenvalue weighted by atomic mass is 10.2. The number of amides is 2. The van der Waals surface area contributed by atoms with E-state index in [4.69, 9.17) is 0 Å². The van der Waals surface area contributed by atoms with E-state index in [0.717, 1.165) is 6.42 Å². The largest absolute Gasteiger partial charge is 0.347 e. The Bertz CT molecular complexity index is 476. The quantitative estimate of drug-likeness (QED) is 0.685. The Morgan fingerprint density at radius 3 is 2.43 bits per heavy atom. The molecule has 0 bridgehead atoms. The summed E-state index contributed by atoms with van der Waals surface area (Å²) in [7, 11) is 0.230. The van der Waals surface area contributed by atoms with Crippen LogP contribution in [0.15, 0.2) is 0 Å². The fourth-order valence-electron chi connectivity index (χ4n) is 2.20. The fourth-order valence-corrected chi connectivity index (χ4v) is 3.65. The molecule has 1 heterocycles. The first-order valence-corrected chi connectivity index (χ1v) is 8.99. The van der Waals surface area contributed by atoms with Gasteiger partial charge in [0, 0.05) is 39.6 Å². The first-order valence-electron chi connectivity index (χ1n) is 7.17. The van der Waals surface area contributed by atoms with E-state index in [9.17, 15) is 18.0 Å². The van der Waals surface area contributed by atoms with E-state index in [0.29, 0.717) is 13.1 Å². The minimum absolute atomic E-state index is 0.0136. The molecule has 1 rings (SSSR count). The number of nitrogens with one attached hydrogen (secondary N) is 1. The molecule has 1 aliphatic rings. The van der Waals surface area contributed by atoms with Crippen LogP contribution in [0.25, 0.3) is 0 Å². The summed E-state index contributed by atoms with van der Waals surface area (Å²) >= 11 is 0. The number of carbonyl (C=O) groups is 2. The second-order valence-electron chi connectivity index (χ2n) is 5.57. The van der Waals surface area contributed by atoms with Gasteiger partial charge in [-0.1, -0.05) is 6.92 Å². The summed E-state index contributed by atoms with van der Waals surface area (Å²) in [5.74, 6) is -0.210. The van der Waals surface area contributed by atoms with Crippen molar-refractivity contribution in [3.05, 3.63) is 0 Å². The van der Waals surface area contributed by atoms with Crippen LogP contribution in [0.2, 0.25) is 0 Å². The molecule has 1 fully saturated rings. The van der Waals surface area contributed by atoms with Gasteiger partial charge in [0.05, 0.1) is 18.1 Å². The summed E-state index contributed by atoms with van der Waals surface area (Å²) in [6, 6.07) is -0.356. The van der Waals surface area contributed by atoms with Gasteiger partial charge < -0.3 is 15.1 Å². The highest BCUT2D eigenvalue weighted by molar-refractivity contribution is 7.91. The second kappa shape index (κ2) is 7.74. The van der Waals surface area contributed by atoms with Crippen molar-refractivity contribution >= 4 is 21.7 Å². The molecular weight excluding hydrogens is 294 g/mol. The van der Waals surface area contributed by atoms with Crippen molar-refractivity contribution < 1.29 is 18.0 Å². The van der Waals surface area contributed by atoms with Crippen LogP contribution in [0.3, 0.4) is 0 Å². The van der Waals surface area contributed by atoms with E-state index < -0.39 is 9.84 Å². The third kappa shape index (κ3) is 6.01. The molecule has 1 N–H and O–H groups in total. The number of sulfone groups is 1. The zero-order valence-corrected chi connectivity index (χ0v) is 13.8. The molecule has 0 saturated carbocycles. The molecular formula is C13H25N3O4S. The van der Waals surface area contributed by atoms with Crippen molar-refractivity contribution in [2.75, 3.05) is 45.2 Å². The first-order chi connectivity index (χ1) is 9.75. The van der Waals surface area contributed by atoms with Gasteiger partial charge in [0.1, 0.15) is 0 Å². The Hall–Kier alpha value is -1.15. The van der Waals surface area contributed by atoms with Crippen molar-refractivity contribution in [3.63, 3.8) is 0 Å². The molecule has 1 aliphatic heterocycles. The van der Waals surface area contributed by atoms with Crippen molar-refractivity contribution in [2.24, 2.45) is 0 Å². The number of likely N-dealkylation sites (N-methyl/N-ethyl adjacent to an activating group) is 1. The van der Waals surface area contributed by atoms with Crippen LogP contribution in [-0.4, -0.2) is 81.3 Å². The van der Waals surface area contributed by atoms with Crippen molar-refractivity contribution in [1.82, 2.24) is 15.1 Å². The minimum atomic E-state index is -3.06. The number of carbonyl (C=O) groups excluding carboxylic acids is 2. The zero-order chi connectivity index (χ0) is 16.0. The Kier molecular flexibility index (Phi) is 6.60. The van der Waals surface area contributed by atoms with Crippen LogP contribution in [-0.2, 0) is 19.4 Å². The monoisotopic (exact) mass is 319 g/mol. The molecule has 1 unspecified atom stereocenters. The normalized spacial score (nSPS) is 20.8. The molecule has 21 heavy (non-hydrogen) atoms. The molecule has 0 aromatic heterocycles. The molecule has 122 valence electrons. The SMILES string of the molecule is CCCN(CC(=O)N(C)C)C(=O)CC1CS(=O)(=O)CCN1. The van der Waals surface area contributed by atoms with E-state index in [1.54, 1.807) is 14.1 Å². The van der Waals surface area contributed by atoms with Crippen LogP contribution < -0.4 is 5.32 Å². The van der Waals surface area contributed by atoms with Gasteiger partial charge in [-0.05, 0) is 6.42 Å². The van der Waals surface area contributed by atoms with Crippen LogP contribution in [0.4, 0.5) is 0 Å². The molecule has 0 aromatic carbocycles. The van der Waals surface area contributed by atoms with Gasteiger partial charge in [-0.25, -0.2) is 8.42 Å². The summed E-state index contributed by atoms with van der Waals surface area (Å²) in [6.45, 7) is 2.85. The molecule has 0 aliphatic carbocycles. The number of nitrogens with zero attached hydrogens (tertiary/aromatic N) is 2. The molecule has 1 atom stereocenters. The molecule has 7 nitrogen and oxygen atoms in total. The van der Waals surface area contributed by atoms with Crippen LogP contribution in [0.1, 0.15) is 19.8 Å². The Balaban J connectivity index is 2.62. The highest BCUT2D eigenvalue weighted by Crippen LogP contribution is 2.08. The summed E-state index contributed by atoms with van der Waals surface area (Å²) in [5.41, 5.74) is 0. The maximum absolute atomic E-state index is 12.3. The van der Waals surface area contributed by atoms with Crippen molar-refractivity contribution in [3.8, 4) is 0 Å². The van der Waals surface area contributed by atoms with E-state index in [-0.39, 0.29) is 42.3 Å². The highest BCUT2D eigenvalue weighted by atomic mass is 32.2. The van der Waals surface area contributed by atoms with E-state index >= 15 is 0 Å². The Morgan fingerprint density at radius 2 is 1.90 bits per heavy atom. The third-order valence-electron chi connectivity index (χ3n) is 3.39. The zero-order valence-electron chi connectivity index (χ0n) is 13.0. The summed E-state index contributed by atoms with van der Waals surface area (Å²) < 4.78 is 23.2. The lowest BCUT2D eigenvalue weighted by molar-refractivity contribution is -0.139.